The van der Waals surface area contributed by atoms with Gasteiger partial charge >= 0.3 is 0 Å². The fourth-order valence-electron chi connectivity index (χ4n) is 2.57. The lowest BCUT2D eigenvalue weighted by atomic mass is 10.2. The van der Waals surface area contributed by atoms with Crippen molar-refractivity contribution >= 4 is 33.8 Å². The molecule has 0 aliphatic rings. The highest BCUT2D eigenvalue weighted by Crippen LogP contribution is 2.34. The smallest absolute Gasteiger partial charge is 0.0608 e. The topological polar surface area (TPSA) is 4.93 Å². The van der Waals surface area contributed by atoms with Crippen LogP contribution in [0.25, 0.3) is 21.8 Å². The number of hydrogen-bond acceptors (Lipinski definition) is 1. The third kappa shape index (κ3) is 1.81. The van der Waals surface area contributed by atoms with Crippen molar-refractivity contribution in [3.8, 4) is 0 Å². The molecule has 3 aromatic carbocycles. The lowest BCUT2D eigenvalue weighted by Crippen LogP contribution is -1.85. The Morgan fingerprint density at radius 1 is 0.550 bits per heavy atom. The molecule has 0 saturated carbocycles. The van der Waals surface area contributed by atoms with Crippen LogP contribution in [0.4, 0.5) is 0 Å². The van der Waals surface area contributed by atoms with Gasteiger partial charge in [-0.1, -0.05) is 54.6 Å². The molecule has 0 amide bonds. The highest BCUT2D eigenvalue weighted by Gasteiger charge is 2.10. The van der Waals surface area contributed by atoms with Gasteiger partial charge in [-0.05, 0) is 36.2 Å². The van der Waals surface area contributed by atoms with Crippen molar-refractivity contribution in [1.29, 1.82) is 0 Å². The molecule has 2 heteroatoms. The van der Waals surface area contributed by atoms with Crippen LogP contribution in [0.2, 0.25) is 0 Å². The van der Waals surface area contributed by atoms with Gasteiger partial charge < -0.3 is 0 Å². The van der Waals surface area contributed by atoms with E-state index in [9.17, 15) is 0 Å². The highest BCUT2D eigenvalue weighted by molar-refractivity contribution is 7.98. The third-order valence-corrected chi connectivity index (χ3v) is 4.53. The van der Waals surface area contributed by atoms with Crippen LogP contribution in [0.3, 0.4) is 0 Å². The molecule has 0 atom stereocenters. The molecular weight excluding hydrogens is 262 g/mol. The predicted molar refractivity (Wildman–Crippen MR) is 87.1 cm³/mol. The Labute approximate surface area is 122 Å². The van der Waals surface area contributed by atoms with Gasteiger partial charge in [-0.15, -0.1) is 0 Å². The molecule has 0 N–H and O–H groups in total. The molecule has 0 spiro atoms. The molecule has 20 heavy (non-hydrogen) atoms. The molecule has 0 aliphatic heterocycles. The van der Waals surface area contributed by atoms with Gasteiger partial charge in [0.15, 0.2) is 0 Å². The first kappa shape index (κ1) is 11.6. The molecule has 1 heterocycles. The summed E-state index contributed by atoms with van der Waals surface area (Å²) in [6.45, 7) is 0. The fourth-order valence-corrected chi connectivity index (χ4v) is 3.58. The van der Waals surface area contributed by atoms with Gasteiger partial charge in [0.2, 0.25) is 0 Å². The molecule has 0 aliphatic carbocycles. The second kappa shape index (κ2) is 4.73. The van der Waals surface area contributed by atoms with E-state index in [1.165, 1.54) is 26.7 Å². The zero-order valence-corrected chi connectivity index (χ0v) is 11.7. The normalized spacial score (nSPS) is 11.2. The predicted octanol–water partition coefficient (Wildman–Crippen LogP) is 5.35. The Bertz CT molecular complexity index is 824. The van der Waals surface area contributed by atoms with Crippen LogP contribution in [0, 0.1) is 0 Å². The fraction of sp³-hybridized carbons (Fsp3) is 0. The zero-order valence-electron chi connectivity index (χ0n) is 10.9. The summed E-state index contributed by atoms with van der Waals surface area (Å²) in [5.74, 6) is 0. The van der Waals surface area contributed by atoms with Crippen LogP contribution in [-0.4, -0.2) is 3.97 Å². The van der Waals surface area contributed by atoms with E-state index < -0.39 is 0 Å². The monoisotopic (exact) mass is 275 g/mol. The second-order valence-electron chi connectivity index (χ2n) is 4.73. The summed E-state index contributed by atoms with van der Waals surface area (Å²) in [6, 6.07) is 27.7. The van der Waals surface area contributed by atoms with Crippen molar-refractivity contribution in [2.75, 3.05) is 0 Å². The average Bonchev–Trinajstić information content (AvgIpc) is 2.84. The minimum atomic E-state index is 1.25. The molecule has 0 unspecified atom stereocenters. The van der Waals surface area contributed by atoms with Crippen molar-refractivity contribution in [2.24, 2.45) is 0 Å². The molecule has 4 aromatic rings. The number of fused-ring (bicyclic) bond motifs is 3. The standard InChI is InChI=1S/C18H13NS/c1-2-8-14(9-3-1)20-19-17-12-6-4-10-15(17)16-11-5-7-13-18(16)19/h1-13H. The summed E-state index contributed by atoms with van der Waals surface area (Å²) in [5, 5.41) is 2.62. The van der Waals surface area contributed by atoms with Crippen LogP contribution < -0.4 is 0 Å². The van der Waals surface area contributed by atoms with Crippen molar-refractivity contribution in [3.05, 3.63) is 78.9 Å². The van der Waals surface area contributed by atoms with E-state index >= 15 is 0 Å². The van der Waals surface area contributed by atoms with E-state index in [1.807, 2.05) is 0 Å². The maximum Gasteiger partial charge on any atom is 0.0608 e. The lowest BCUT2D eigenvalue weighted by molar-refractivity contribution is 1.37. The van der Waals surface area contributed by atoms with Crippen LogP contribution in [-0.2, 0) is 0 Å². The molecule has 1 aromatic heterocycles. The number of rotatable bonds is 2. The molecule has 0 saturated heterocycles. The van der Waals surface area contributed by atoms with E-state index in [2.05, 4.69) is 82.8 Å². The van der Waals surface area contributed by atoms with Gasteiger partial charge in [-0.25, -0.2) is 0 Å². The largest absolute Gasteiger partial charge is 0.279 e. The SMILES string of the molecule is c1ccc(Sn2c3ccccc3c3ccccc32)cc1. The molecule has 4 rings (SSSR count). The molecule has 0 radical (unpaired) electrons. The van der Waals surface area contributed by atoms with Gasteiger partial charge in [0.1, 0.15) is 0 Å². The molecule has 0 fully saturated rings. The van der Waals surface area contributed by atoms with E-state index in [1.54, 1.807) is 11.9 Å². The van der Waals surface area contributed by atoms with Crippen molar-refractivity contribution in [2.45, 2.75) is 4.90 Å². The summed E-state index contributed by atoms with van der Waals surface area (Å²) in [4.78, 5) is 1.25. The van der Waals surface area contributed by atoms with Gasteiger partial charge in [-0.3, -0.25) is 3.97 Å². The number of nitrogens with zero attached hydrogens (tertiary/aromatic N) is 1. The Kier molecular flexibility index (Phi) is 2.75. The minimum Gasteiger partial charge on any atom is -0.279 e. The summed E-state index contributed by atoms with van der Waals surface area (Å²) < 4.78 is 2.32. The van der Waals surface area contributed by atoms with Gasteiger partial charge in [0, 0.05) is 15.7 Å². The number of para-hydroxylation sites is 2. The lowest BCUT2D eigenvalue weighted by Gasteiger charge is -2.05. The summed E-state index contributed by atoms with van der Waals surface area (Å²) in [7, 11) is 0. The van der Waals surface area contributed by atoms with Crippen LogP contribution in [0.15, 0.2) is 83.8 Å². The Balaban J connectivity index is 2.00. The Morgan fingerprint density at radius 2 is 1.05 bits per heavy atom. The number of aromatic nitrogens is 1. The molecule has 96 valence electrons. The van der Waals surface area contributed by atoms with Gasteiger partial charge in [-0.2, -0.15) is 0 Å². The summed E-state index contributed by atoms with van der Waals surface area (Å²) >= 11 is 1.77. The first-order chi connectivity index (χ1) is 9.93. The average molecular weight is 275 g/mol. The zero-order chi connectivity index (χ0) is 13.4. The van der Waals surface area contributed by atoms with E-state index in [4.69, 9.17) is 0 Å². The van der Waals surface area contributed by atoms with Crippen molar-refractivity contribution in [3.63, 3.8) is 0 Å². The van der Waals surface area contributed by atoms with Crippen molar-refractivity contribution < 1.29 is 0 Å². The first-order valence-corrected chi connectivity index (χ1v) is 7.42. The first-order valence-electron chi connectivity index (χ1n) is 6.65. The van der Waals surface area contributed by atoms with Crippen LogP contribution in [0.1, 0.15) is 0 Å². The molecule has 1 nitrogen and oxygen atoms in total. The maximum atomic E-state index is 2.32. The van der Waals surface area contributed by atoms with Gasteiger partial charge in [0.05, 0.1) is 11.0 Å². The summed E-state index contributed by atoms with van der Waals surface area (Å²) in [5.41, 5.74) is 2.53. The minimum absolute atomic E-state index is 1.25. The number of benzene rings is 3. The van der Waals surface area contributed by atoms with Crippen molar-refractivity contribution in [1.82, 2.24) is 3.97 Å². The Morgan fingerprint density at radius 3 is 1.65 bits per heavy atom. The van der Waals surface area contributed by atoms with Crippen LogP contribution in [0.5, 0.6) is 0 Å². The quantitative estimate of drug-likeness (QED) is 0.477. The number of hydrogen-bond donors (Lipinski definition) is 0. The molecular formula is C18H13NS. The Hall–Kier alpha value is -2.19. The summed E-state index contributed by atoms with van der Waals surface area (Å²) in [6.07, 6.45) is 0. The van der Waals surface area contributed by atoms with Gasteiger partial charge in [0.25, 0.3) is 0 Å². The van der Waals surface area contributed by atoms with E-state index in [0.717, 1.165) is 0 Å². The van der Waals surface area contributed by atoms with E-state index in [0.29, 0.717) is 0 Å². The molecule has 0 bridgehead atoms. The van der Waals surface area contributed by atoms with Crippen LogP contribution >= 0.6 is 11.9 Å². The second-order valence-corrected chi connectivity index (χ2v) is 5.75. The highest BCUT2D eigenvalue weighted by atomic mass is 32.2. The third-order valence-electron chi connectivity index (χ3n) is 3.48. The van der Waals surface area contributed by atoms with E-state index in [-0.39, 0.29) is 0 Å². The maximum absolute atomic E-state index is 2.32.